The highest BCUT2D eigenvalue weighted by Crippen LogP contribution is 2.62. The highest BCUT2D eigenvalue weighted by Gasteiger charge is 2.57. The van der Waals surface area contributed by atoms with Crippen molar-refractivity contribution in [1.29, 1.82) is 0 Å². The van der Waals surface area contributed by atoms with Gasteiger partial charge in [-0.05, 0) is 35.5 Å². The van der Waals surface area contributed by atoms with Gasteiger partial charge in [0.25, 0.3) is 0 Å². The van der Waals surface area contributed by atoms with Crippen LogP contribution < -0.4 is 0 Å². The summed E-state index contributed by atoms with van der Waals surface area (Å²) in [6.07, 6.45) is 2.23. The standard InChI is InChI=1S/C15H14N6/c1-2-4-8(5-3-1)6-9-10-7-11-13(12(9)10)16-17-14(11)15-18-20-21-19-15/h1-5,9-10,12H,6-7H2,(H,16,17)(H,18,19,20,21)/t9-,10+,12-/m1/s1. The number of nitrogens with zero attached hydrogens (tertiary/aromatic N) is 4. The van der Waals surface area contributed by atoms with Crippen LogP contribution in [0.25, 0.3) is 11.5 Å². The summed E-state index contributed by atoms with van der Waals surface area (Å²) in [6, 6.07) is 10.7. The molecule has 0 radical (unpaired) electrons. The monoisotopic (exact) mass is 278 g/mol. The molecule has 2 aliphatic rings. The maximum absolute atomic E-state index is 4.52. The van der Waals surface area contributed by atoms with Crippen LogP contribution in [0.5, 0.6) is 0 Å². The molecule has 0 aliphatic heterocycles. The van der Waals surface area contributed by atoms with Gasteiger partial charge >= 0.3 is 0 Å². The first kappa shape index (κ1) is 11.2. The molecule has 6 heteroatoms. The lowest BCUT2D eigenvalue weighted by atomic mass is 10.0. The summed E-state index contributed by atoms with van der Waals surface area (Å²) < 4.78 is 0. The molecule has 21 heavy (non-hydrogen) atoms. The number of hydrogen-bond donors (Lipinski definition) is 2. The Kier molecular flexibility index (Phi) is 2.13. The lowest BCUT2D eigenvalue weighted by molar-refractivity contribution is 0.688. The van der Waals surface area contributed by atoms with Crippen molar-refractivity contribution in [2.24, 2.45) is 11.8 Å². The molecule has 0 saturated heterocycles. The second kappa shape index (κ2) is 4.00. The minimum absolute atomic E-state index is 0.608. The molecule has 6 nitrogen and oxygen atoms in total. The summed E-state index contributed by atoms with van der Waals surface area (Å²) in [4.78, 5) is 0. The SMILES string of the molecule is c1ccc(C[C@@H]2[C@@H]3Cc4c(n[nH]c4-c4nn[nH]n4)[C@H]23)cc1. The minimum atomic E-state index is 0.608. The van der Waals surface area contributed by atoms with E-state index in [-0.39, 0.29) is 0 Å². The van der Waals surface area contributed by atoms with Gasteiger partial charge in [-0.15, -0.1) is 10.2 Å². The first-order chi connectivity index (χ1) is 10.4. The van der Waals surface area contributed by atoms with Gasteiger partial charge in [0, 0.05) is 11.5 Å². The van der Waals surface area contributed by atoms with Crippen LogP contribution in [-0.4, -0.2) is 30.8 Å². The van der Waals surface area contributed by atoms with Gasteiger partial charge in [-0.25, -0.2) is 0 Å². The maximum atomic E-state index is 4.52. The van der Waals surface area contributed by atoms with Crippen LogP contribution >= 0.6 is 0 Å². The average Bonchev–Trinajstić information content (AvgIpc) is 2.99. The number of aromatic nitrogens is 6. The smallest absolute Gasteiger partial charge is 0.222 e. The number of nitrogens with one attached hydrogen (secondary N) is 2. The van der Waals surface area contributed by atoms with Gasteiger partial charge in [-0.3, -0.25) is 5.10 Å². The number of fused-ring (bicyclic) bond motifs is 3. The highest BCUT2D eigenvalue weighted by atomic mass is 15.5. The summed E-state index contributed by atoms with van der Waals surface area (Å²) in [6.45, 7) is 0. The van der Waals surface area contributed by atoms with E-state index in [0.717, 1.165) is 30.4 Å². The van der Waals surface area contributed by atoms with Gasteiger partial charge in [0.05, 0.1) is 5.69 Å². The summed E-state index contributed by atoms with van der Waals surface area (Å²) in [5, 5.41) is 21.8. The van der Waals surface area contributed by atoms with Crippen molar-refractivity contribution in [3.8, 4) is 11.5 Å². The third-order valence-corrected chi connectivity index (χ3v) is 4.87. The molecule has 1 aromatic carbocycles. The molecule has 3 aromatic rings. The molecule has 0 amide bonds. The molecule has 104 valence electrons. The topological polar surface area (TPSA) is 83.1 Å². The molecule has 2 aliphatic carbocycles. The van der Waals surface area contributed by atoms with Crippen LogP contribution in [0, 0.1) is 11.8 Å². The molecule has 2 N–H and O–H groups in total. The Morgan fingerprint density at radius 2 is 2.05 bits per heavy atom. The number of aromatic amines is 2. The number of rotatable bonds is 3. The van der Waals surface area contributed by atoms with Crippen molar-refractivity contribution in [2.75, 3.05) is 0 Å². The van der Waals surface area contributed by atoms with E-state index in [1.54, 1.807) is 0 Å². The molecule has 2 aromatic heterocycles. The molecule has 0 unspecified atom stereocenters. The molecule has 3 atom stereocenters. The van der Waals surface area contributed by atoms with Crippen molar-refractivity contribution >= 4 is 0 Å². The van der Waals surface area contributed by atoms with Crippen LogP contribution in [0.1, 0.15) is 22.7 Å². The molecule has 5 rings (SSSR count). The van der Waals surface area contributed by atoms with Crippen molar-refractivity contribution < 1.29 is 0 Å². The Labute approximate surface area is 121 Å². The van der Waals surface area contributed by atoms with E-state index in [1.165, 1.54) is 16.8 Å². The van der Waals surface area contributed by atoms with Gasteiger partial charge in [0.15, 0.2) is 0 Å². The van der Waals surface area contributed by atoms with E-state index in [1.807, 2.05) is 0 Å². The number of hydrogen-bond acceptors (Lipinski definition) is 4. The van der Waals surface area contributed by atoms with Gasteiger partial charge < -0.3 is 0 Å². The average molecular weight is 278 g/mol. The molecular formula is C15H14N6. The fraction of sp³-hybridized carbons (Fsp3) is 0.333. The number of H-pyrrole nitrogens is 2. The molecule has 0 bridgehead atoms. The van der Waals surface area contributed by atoms with E-state index < -0.39 is 0 Å². The first-order valence-electron chi connectivity index (χ1n) is 7.26. The van der Waals surface area contributed by atoms with E-state index >= 15 is 0 Å². The fourth-order valence-electron chi connectivity index (χ4n) is 3.84. The minimum Gasteiger partial charge on any atom is -0.274 e. The molecule has 0 spiro atoms. The van der Waals surface area contributed by atoms with E-state index in [2.05, 4.69) is 61.2 Å². The van der Waals surface area contributed by atoms with Gasteiger partial charge in [0.2, 0.25) is 5.82 Å². The van der Waals surface area contributed by atoms with Crippen LogP contribution in [0.2, 0.25) is 0 Å². The highest BCUT2D eigenvalue weighted by molar-refractivity contribution is 5.59. The Morgan fingerprint density at radius 3 is 2.86 bits per heavy atom. The predicted octanol–water partition coefficient (Wildman–Crippen LogP) is 1.72. The maximum Gasteiger partial charge on any atom is 0.222 e. The molecule has 1 fully saturated rings. The zero-order chi connectivity index (χ0) is 13.8. The summed E-state index contributed by atoms with van der Waals surface area (Å²) in [7, 11) is 0. The van der Waals surface area contributed by atoms with Crippen LogP contribution in [0.15, 0.2) is 30.3 Å². The Balaban J connectivity index is 1.41. The largest absolute Gasteiger partial charge is 0.274 e. The van der Waals surface area contributed by atoms with Crippen molar-refractivity contribution in [2.45, 2.75) is 18.8 Å². The normalized spacial score (nSPS) is 25.6. The number of benzene rings is 1. The quantitative estimate of drug-likeness (QED) is 0.764. The Bertz CT molecular complexity index is 776. The molecule has 1 saturated carbocycles. The van der Waals surface area contributed by atoms with Gasteiger partial charge in [0.1, 0.15) is 5.69 Å². The zero-order valence-electron chi connectivity index (χ0n) is 11.3. The van der Waals surface area contributed by atoms with E-state index in [4.69, 9.17) is 0 Å². The van der Waals surface area contributed by atoms with Crippen molar-refractivity contribution in [3.05, 3.63) is 47.2 Å². The predicted molar refractivity (Wildman–Crippen MR) is 75.3 cm³/mol. The second-order valence-electron chi connectivity index (χ2n) is 5.95. The van der Waals surface area contributed by atoms with Gasteiger partial charge in [-0.1, -0.05) is 30.3 Å². The third kappa shape index (κ3) is 1.59. The number of tetrazole rings is 1. The van der Waals surface area contributed by atoms with E-state index in [9.17, 15) is 0 Å². The lowest BCUT2D eigenvalue weighted by Crippen LogP contribution is -1.97. The van der Waals surface area contributed by atoms with Crippen LogP contribution in [0.3, 0.4) is 0 Å². The van der Waals surface area contributed by atoms with Gasteiger partial charge in [-0.2, -0.15) is 10.3 Å². The molecular weight excluding hydrogens is 264 g/mol. The van der Waals surface area contributed by atoms with E-state index in [0.29, 0.717) is 11.7 Å². The Hall–Kier alpha value is -2.50. The van der Waals surface area contributed by atoms with Crippen LogP contribution in [-0.2, 0) is 12.8 Å². The third-order valence-electron chi connectivity index (χ3n) is 4.87. The fourth-order valence-corrected chi connectivity index (χ4v) is 3.84. The molecule has 2 heterocycles. The summed E-state index contributed by atoms with van der Waals surface area (Å²) in [5.74, 6) is 2.70. The lowest BCUT2D eigenvalue weighted by Gasteiger charge is -2.04. The van der Waals surface area contributed by atoms with Crippen LogP contribution in [0.4, 0.5) is 0 Å². The zero-order valence-corrected chi connectivity index (χ0v) is 11.3. The van der Waals surface area contributed by atoms with Crippen molar-refractivity contribution in [3.63, 3.8) is 0 Å². The summed E-state index contributed by atoms with van der Waals surface area (Å²) in [5.41, 5.74) is 4.87. The Morgan fingerprint density at radius 1 is 1.14 bits per heavy atom. The first-order valence-corrected chi connectivity index (χ1v) is 7.26. The van der Waals surface area contributed by atoms with Crippen molar-refractivity contribution in [1.82, 2.24) is 30.8 Å². The summed E-state index contributed by atoms with van der Waals surface area (Å²) >= 11 is 0. The second-order valence-corrected chi connectivity index (χ2v) is 5.95.